The van der Waals surface area contributed by atoms with Gasteiger partial charge in [0.05, 0.1) is 31.9 Å². The number of fused-ring (bicyclic) bond motifs is 2. The van der Waals surface area contributed by atoms with Crippen molar-refractivity contribution in [3.05, 3.63) is 48.0 Å². The summed E-state index contributed by atoms with van der Waals surface area (Å²) in [6.45, 7) is 0.981. The summed E-state index contributed by atoms with van der Waals surface area (Å²) in [5.41, 5.74) is 1.90. The van der Waals surface area contributed by atoms with E-state index >= 15 is 0 Å². The van der Waals surface area contributed by atoms with E-state index in [1.54, 1.807) is 22.9 Å². The van der Waals surface area contributed by atoms with Crippen LogP contribution in [0.15, 0.2) is 42.5 Å². The van der Waals surface area contributed by atoms with Crippen LogP contribution in [0.4, 0.5) is 5.69 Å². The number of tetrazole rings is 1. The number of aromatic nitrogens is 4. The van der Waals surface area contributed by atoms with Crippen LogP contribution in [0.3, 0.4) is 0 Å². The van der Waals surface area contributed by atoms with Gasteiger partial charge in [0.2, 0.25) is 6.79 Å². The van der Waals surface area contributed by atoms with E-state index in [0.717, 1.165) is 5.56 Å². The fourth-order valence-corrected chi connectivity index (χ4v) is 4.90. The predicted molar refractivity (Wildman–Crippen MR) is 129 cm³/mol. The number of rotatable bonds is 5. The van der Waals surface area contributed by atoms with Gasteiger partial charge in [-0.15, -0.1) is 5.10 Å². The molecule has 2 aromatic carbocycles. The Morgan fingerprint density at radius 2 is 1.97 bits per heavy atom. The van der Waals surface area contributed by atoms with Gasteiger partial charge in [-0.05, 0) is 59.0 Å². The fraction of sp³-hybridized carbons (Fsp3) is 0.348. The van der Waals surface area contributed by atoms with Crippen LogP contribution in [-0.2, 0) is 14.2 Å². The molecule has 2 N–H and O–H groups in total. The summed E-state index contributed by atoms with van der Waals surface area (Å²) in [4.78, 5) is 11.8. The molecule has 4 atom stereocenters. The lowest BCUT2D eigenvalue weighted by Crippen LogP contribution is -2.45. The van der Waals surface area contributed by atoms with E-state index in [0.29, 0.717) is 46.9 Å². The van der Waals surface area contributed by atoms with Gasteiger partial charge in [-0.1, -0.05) is 6.07 Å². The monoisotopic (exact) mass is 510 g/mol. The molecule has 2 fully saturated rings. The number of ether oxygens (including phenoxy) is 5. The Balaban J connectivity index is 1.13. The van der Waals surface area contributed by atoms with Gasteiger partial charge in [0.1, 0.15) is 18.2 Å². The van der Waals surface area contributed by atoms with Gasteiger partial charge in [-0.2, -0.15) is 0 Å². The first-order valence-electron chi connectivity index (χ1n) is 11.3. The number of carbonyl (C=O) groups is 1. The molecule has 6 rings (SSSR count). The second-order valence-corrected chi connectivity index (χ2v) is 8.86. The summed E-state index contributed by atoms with van der Waals surface area (Å²) in [7, 11) is 1.34. The van der Waals surface area contributed by atoms with Gasteiger partial charge in [0.25, 0.3) is 0 Å². The zero-order valence-electron chi connectivity index (χ0n) is 19.1. The molecule has 3 aliphatic rings. The maximum Gasteiger partial charge on any atom is 0.337 e. The minimum atomic E-state index is -0.419. The molecular weight excluding hydrogens is 488 g/mol. The van der Waals surface area contributed by atoms with Crippen LogP contribution in [0.5, 0.6) is 11.5 Å². The van der Waals surface area contributed by atoms with Crippen molar-refractivity contribution in [1.29, 1.82) is 0 Å². The van der Waals surface area contributed by atoms with Crippen LogP contribution in [0.1, 0.15) is 16.4 Å². The number of nitrogens with one attached hydrogen (secondary N) is 2. The van der Waals surface area contributed by atoms with E-state index in [2.05, 4.69) is 26.2 Å². The Hall–Kier alpha value is -3.81. The molecule has 0 unspecified atom stereocenters. The highest BCUT2D eigenvalue weighted by Gasteiger charge is 2.49. The van der Waals surface area contributed by atoms with Crippen molar-refractivity contribution in [2.24, 2.45) is 0 Å². The first-order chi connectivity index (χ1) is 17.6. The Bertz CT molecular complexity index is 1320. The molecule has 3 aliphatic heterocycles. The molecule has 12 nitrogen and oxygen atoms in total. The number of hydrogen-bond acceptors (Lipinski definition) is 10. The molecular formula is C23H22N6O6S. The van der Waals surface area contributed by atoms with Gasteiger partial charge in [-0.3, -0.25) is 0 Å². The third kappa shape index (κ3) is 4.10. The summed E-state index contributed by atoms with van der Waals surface area (Å²) in [5.74, 6) is 1.52. The van der Waals surface area contributed by atoms with E-state index in [1.165, 1.54) is 7.11 Å². The van der Waals surface area contributed by atoms with Crippen molar-refractivity contribution in [3.63, 3.8) is 0 Å². The fourth-order valence-electron chi connectivity index (χ4n) is 4.63. The van der Waals surface area contributed by atoms with Gasteiger partial charge in [-0.25, -0.2) is 9.48 Å². The van der Waals surface area contributed by atoms with Crippen molar-refractivity contribution in [3.8, 4) is 22.9 Å². The number of esters is 1. The molecule has 13 heteroatoms. The van der Waals surface area contributed by atoms with E-state index in [1.807, 2.05) is 24.3 Å². The molecule has 3 aromatic rings. The summed E-state index contributed by atoms with van der Waals surface area (Å²) < 4.78 is 29.6. The van der Waals surface area contributed by atoms with E-state index in [9.17, 15) is 4.79 Å². The second-order valence-electron chi connectivity index (χ2n) is 8.46. The number of benzene rings is 2. The van der Waals surface area contributed by atoms with Crippen molar-refractivity contribution in [2.45, 2.75) is 24.3 Å². The number of methoxy groups -OCH3 is 1. The lowest BCUT2D eigenvalue weighted by molar-refractivity contribution is 0.0600. The molecule has 2 saturated heterocycles. The van der Waals surface area contributed by atoms with Crippen molar-refractivity contribution < 1.29 is 28.5 Å². The van der Waals surface area contributed by atoms with E-state index in [4.69, 9.17) is 35.9 Å². The van der Waals surface area contributed by atoms with Crippen molar-refractivity contribution in [1.82, 2.24) is 25.5 Å². The van der Waals surface area contributed by atoms with Gasteiger partial charge < -0.3 is 34.3 Å². The van der Waals surface area contributed by atoms with Crippen LogP contribution in [-0.4, -0.2) is 76.7 Å². The van der Waals surface area contributed by atoms with Gasteiger partial charge >= 0.3 is 5.97 Å². The standard InChI is InChI=1S/C23H22N6O6S/c1-31-22(30)13-3-2-4-14(7-13)24-23(36)25-15-9-32-20-16(10-33-19(15)20)29-21(26-27-28-29)12-5-6-17-18(8-12)35-11-34-17/h2-8,15-16,19-20H,9-11H2,1H3,(H2,24,25,36)/t15-,16-,19+,20+/m0/s1. The topological polar surface area (TPSA) is 131 Å². The number of hydrogen-bond donors (Lipinski definition) is 2. The molecule has 4 heterocycles. The number of anilines is 1. The predicted octanol–water partition coefficient (Wildman–Crippen LogP) is 1.55. The maximum absolute atomic E-state index is 11.8. The van der Waals surface area contributed by atoms with Crippen molar-refractivity contribution >= 4 is 29.0 Å². The number of nitrogens with zero attached hydrogens (tertiary/aromatic N) is 4. The van der Waals surface area contributed by atoms with Crippen LogP contribution in [0.25, 0.3) is 11.4 Å². The Kier molecular flexibility index (Phi) is 5.87. The van der Waals surface area contributed by atoms with E-state index < -0.39 is 5.97 Å². The van der Waals surface area contributed by atoms with Gasteiger partial charge in [0.15, 0.2) is 22.4 Å². The number of thiocarbonyl (C=S) groups is 1. The number of carbonyl (C=O) groups excluding carboxylic acids is 1. The van der Waals surface area contributed by atoms with Gasteiger partial charge in [0, 0.05) is 11.3 Å². The zero-order valence-corrected chi connectivity index (χ0v) is 19.9. The lowest BCUT2D eigenvalue weighted by atomic mass is 10.1. The second kappa shape index (κ2) is 9.33. The minimum absolute atomic E-state index is 0.172. The zero-order chi connectivity index (χ0) is 24.6. The molecule has 1 aromatic heterocycles. The molecule has 0 radical (unpaired) electrons. The summed E-state index contributed by atoms with van der Waals surface area (Å²) in [6.07, 6.45) is -0.505. The largest absolute Gasteiger partial charge is 0.465 e. The summed E-state index contributed by atoms with van der Waals surface area (Å²) in [6, 6.07) is 12.1. The summed E-state index contributed by atoms with van der Waals surface area (Å²) >= 11 is 5.49. The Labute approximate surface area is 210 Å². The van der Waals surface area contributed by atoms with Crippen LogP contribution < -0.4 is 20.1 Å². The molecule has 36 heavy (non-hydrogen) atoms. The lowest BCUT2D eigenvalue weighted by Gasteiger charge is -2.20. The average molecular weight is 511 g/mol. The Morgan fingerprint density at radius 3 is 2.86 bits per heavy atom. The smallest absolute Gasteiger partial charge is 0.337 e. The molecule has 0 spiro atoms. The molecule has 0 bridgehead atoms. The quantitative estimate of drug-likeness (QED) is 0.381. The van der Waals surface area contributed by atoms with Crippen LogP contribution in [0.2, 0.25) is 0 Å². The van der Waals surface area contributed by atoms with Crippen LogP contribution >= 0.6 is 12.2 Å². The normalized spacial score (nSPS) is 23.8. The first kappa shape index (κ1) is 22.6. The maximum atomic E-state index is 11.8. The highest BCUT2D eigenvalue weighted by molar-refractivity contribution is 7.80. The third-order valence-electron chi connectivity index (χ3n) is 6.32. The third-order valence-corrected chi connectivity index (χ3v) is 6.54. The van der Waals surface area contributed by atoms with Crippen LogP contribution in [0, 0.1) is 0 Å². The summed E-state index contributed by atoms with van der Waals surface area (Å²) in [5, 5.41) is 19.1. The molecule has 0 aliphatic carbocycles. The molecule has 0 amide bonds. The highest BCUT2D eigenvalue weighted by atomic mass is 32.1. The molecule has 186 valence electrons. The molecule has 0 saturated carbocycles. The first-order valence-corrected chi connectivity index (χ1v) is 11.7. The van der Waals surface area contributed by atoms with Crippen molar-refractivity contribution in [2.75, 3.05) is 32.4 Å². The minimum Gasteiger partial charge on any atom is -0.465 e. The highest BCUT2D eigenvalue weighted by Crippen LogP contribution is 2.38. The Morgan fingerprint density at radius 1 is 1.11 bits per heavy atom. The SMILES string of the molecule is COC(=O)c1cccc(NC(=S)N[C@H]2CO[C@H]3[C@@H]2OC[C@@H]3n2nnnc2-c2ccc3c(c2)OCO3)c1. The van der Waals surface area contributed by atoms with E-state index in [-0.39, 0.29) is 31.1 Å². The average Bonchev–Trinajstić information content (AvgIpc) is 3.68.